The van der Waals surface area contributed by atoms with Gasteiger partial charge in [-0.25, -0.2) is 9.37 Å². The number of aliphatic hydroxyl groups is 1. The lowest BCUT2D eigenvalue weighted by molar-refractivity contribution is -0.274. The van der Waals surface area contributed by atoms with E-state index in [0.717, 1.165) is 0 Å². The van der Waals surface area contributed by atoms with Gasteiger partial charge < -0.3 is 20.5 Å². The van der Waals surface area contributed by atoms with E-state index in [1.807, 2.05) is 13.8 Å². The molecular weight excluding hydrogens is 464 g/mol. The van der Waals surface area contributed by atoms with Gasteiger partial charge in [-0.15, -0.1) is 13.2 Å². The zero-order chi connectivity index (χ0) is 24.2. The van der Waals surface area contributed by atoms with Crippen molar-refractivity contribution in [3.63, 3.8) is 0 Å². The van der Waals surface area contributed by atoms with Crippen molar-refractivity contribution >= 4 is 29.1 Å². The first kappa shape index (κ1) is 24.5. The summed E-state index contributed by atoms with van der Waals surface area (Å²) in [6.07, 6.45) is -4.84. The second-order valence-corrected chi connectivity index (χ2v) is 7.88. The number of halogens is 5. The Morgan fingerprint density at radius 2 is 1.85 bits per heavy atom. The van der Waals surface area contributed by atoms with Gasteiger partial charge in [0.15, 0.2) is 0 Å². The summed E-state index contributed by atoms with van der Waals surface area (Å²) >= 11 is 5.84. The summed E-state index contributed by atoms with van der Waals surface area (Å²) in [5.41, 5.74) is 1.07. The molecule has 1 heterocycles. The number of nitrogens with one attached hydrogen (secondary N) is 2. The summed E-state index contributed by atoms with van der Waals surface area (Å²) < 4.78 is 55.4. The van der Waals surface area contributed by atoms with E-state index in [2.05, 4.69) is 25.3 Å². The van der Waals surface area contributed by atoms with Gasteiger partial charge in [-0.1, -0.05) is 37.6 Å². The molecule has 0 fully saturated rings. The fourth-order valence-corrected chi connectivity index (χ4v) is 3.07. The van der Waals surface area contributed by atoms with E-state index in [0.29, 0.717) is 11.3 Å². The molecule has 3 rings (SSSR count). The highest BCUT2D eigenvalue weighted by molar-refractivity contribution is 6.31. The zero-order valence-electron chi connectivity index (χ0n) is 17.6. The molecule has 0 saturated carbocycles. The van der Waals surface area contributed by atoms with Gasteiger partial charge in [-0.05, 0) is 36.2 Å². The van der Waals surface area contributed by atoms with Crippen LogP contribution in [0.25, 0.3) is 11.3 Å². The Hall–Kier alpha value is -3.11. The van der Waals surface area contributed by atoms with Crippen molar-refractivity contribution in [3.05, 3.63) is 59.4 Å². The number of aliphatic hydroxyl groups excluding tert-OH is 1. The molecule has 0 aliphatic carbocycles. The van der Waals surface area contributed by atoms with E-state index in [-0.39, 0.29) is 41.0 Å². The van der Waals surface area contributed by atoms with E-state index in [1.54, 1.807) is 6.07 Å². The lowest BCUT2D eigenvalue weighted by atomic mass is 10.1. The third-order valence-corrected chi connectivity index (χ3v) is 4.89. The highest BCUT2D eigenvalue weighted by atomic mass is 35.5. The number of ether oxygens (including phenoxy) is 1. The number of hydrogen-bond donors (Lipinski definition) is 3. The molecular formula is C22H21ClF4N4O2. The van der Waals surface area contributed by atoms with E-state index >= 15 is 0 Å². The average molecular weight is 485 g/mol. The molecule has 0 aliphatic rings. The number of nitrogens with zero attached hydrogens (tertiary/aromatic N) is 2. The third kappa shape index (κ3) is 6.93. The maximum atomic E-state index is 13.5. The van der Waals surface area contributed by atoms with Crippen molar-refractivity contribution in [3.8, 4) is 17.0 Å². The summed E-state index contributed by atoms with van der Waals surface area (Å²) in [7, 11) is 0. The number of anilines is 3. The second-order valence-electron chi connectivity index (χ2n) is 7.47. The van der Waals surface area contributed by atoms with Crippen molar-refractivity contribution in [2.24, 2.45) is 5.92 Å². The summed E-state index contributed by atoms with van der Waals surface area (Å²) in [5.74, 6) is -0.538. The average Bonchev–Trinajstić information content (AvgIpc) is 2.73. The Morgan fingerprint density at radius 3 is 2.48 bits per heavy atom. The molecule has 3 aromatic rings. The summed E-state index contributed by atoms with van der Waals surface area (Å²) in [4.78, 5) is 8.75. The van der Waals surface area contributed by atoms with Crippen LogP contribution in [0.3, 0.4) is 0 Å². The molecule has 2 aromatic carbocycles. The van der Waals surface area contributed by atoms with Gasteiger partial charge in [0, 0.05) is 17.3 Å². The maximum absolute atomic E-state index is 13.5. The first-order valence-corrected chi connectivity index (χ1v) is 10.3. The molecule has 176 valence electrons. The van der Waals surface area contributed by atoms with Gasteiger partial charge in [0.25, 0.3) is 0 Å². The first-order valence-electron chi connectivity index (χ1n) is 9.89. The minimum atomic E-state index is -4.84. The van der Waals surface area contributed by atoms with E-state index in [9.17, 15) is 22.7 Å². The van der Waals surface area contributed by atoms with Crippen LogP contribution in [0, 0.1) is 11.7 Å². The van der Waals surface area contributed by atoms with Crippen LogP contribution >= 0.6 is 11.6 Å². The Labute approximate surface area is 192 Å². The van der Waals surface area contributed by atoms with Crippen LogP contribution in [0.1, 0.15) is 13.8 Å². The minimum absolute atomic E-state index is 0.0399. The summed E-state index contributed by atoms with van der Waals surface area (Å²) in [6, 6.07) is 10.5. The van der Waals surface area contributed by atoms with Crippen LogP contribution in [0.5, 0.6) is 5.75 Å². The number of rotatable bonds is 8. The molecule has 0 amide bonds. The van der Waals surface area contributed by atoms with Crippen molar-refractivity contribution in [1.82, 2.24) is 9.97 Å². The minimum Gasteiger partial charge on any atom is -0.406 e. The van der Waals surface area contributed by atoms with Gasteiger partial charge in [-0.3, -0.25) is 0 Å². The Morgan fingerprint density at radius 1 is 1.09 bits per heavy atom. The smallest absolute Gasteiger partial charge is 0.406 e. The number of hydrogen-bond acceptors (Lipinski definition) is 6. The monoisotopic (exact) mass is 484 g/mol. The van der Waals surface area contributed by atoms with Crippen molar-refractivity contribution < 1.29 is 27.4 Å². The number of aromatic nitrogens is 2. The van der Waals surface area contributed by atoms with Crippen LogP contribution in [0.4, 0.5) is 35.0 Å². The highest BCUT2D eigenvalue weighted by Gasteiger charge is 2.31. The third-order valence-electron chi connectivity index (χ3n) is 4.60. The van der Waals surface area contributed by atoms with E-state index < -0.39 is 17.9 Å². The Bertz CT molecular complexity index is 1110. The van der Waals surface area contributed by atoms with Crippen molar-refractivity contribution in [1.29, 1.82) is 0 Å². The Kier molecular flexibility index (Phi) is 7.60. The zero-order valence-corrected chi connectivity index (χ0v) is 18.4. The largest absolute Gasteiger partial charge is 0.573 e. The number of alkyl halides is 3. The molecule has 33 heavy (non-hydrogen) atoms. The topological polar surface area (TPSA) is 79.3 Å². The van der Waals surface area contributed by atoms with Gasteiger partial charge >= 0.3 is 6.36 Å². The van der Waals surface area contributed by atoms with E-state index in [4.69, 9.17) is 11.6 Å². The SMILES string of the molecule is CC(C)[C@H](CO)Nc1nc(Nc2ccc(F)c(Cl)c2)cc(-c2cccc(OC(F)(F)F)c2)n1. The highest BCUT2D eigenvalue weighted by Crippen LogP contribution is 2.30. The van der Waals surface area contributed by atoms with E-state index in [1.165, 1.54) is 42.5 Å². The fourth-order valence-electron chi connectivity index (χ4n) is 2.89. The van der Waals surface area contributed by atoms with Gasteiger partial charge in [-0.2, -0.15) is 4.98 Å². The normalized spacial score (nSPS) is 12.5. The van der Waals surface area contributed by atoms with Gasteiger partial charge in [0.05, 0.1) is 23.4 Å². The number of benzene rings is 2. The molecule has 0 unspecified atom stereocenters. The molecule has 0 bridgehead atoms. The van der Waals surface area contributed by atoms with Crippen LogP contribution in [0.2, 0.25) is 5.02 Å². The molecule has 1 aromatic heterocycles. The van der Waals surface area contributed by atoms with Crippen LogP contribution < -0.4 is 15.4 Å². The second kappa shape index (κ2) is 10.2. The molecule has 6 nitrogen and oxygen atoms in total. The van der Waals surface area contributed by atoms with Crippen molar-refractivity contribution in [2.45, 2.75) is 26.3 Å². The predicted molar refractivity (Wildman–Crippen MR) is 118 cm³/mol. The lowest BCUT2D eigenvalue weighted by Gasteiger charge is -2.21. The fraction of sp³-hybridized carbons (Fsp3) is 0.273. The van der Waals surface area contributed by atoms with Gasteiger partial charge in [0.1, 0.15) is 17.4 Å². The molecule has 0 radical (unpaired) electrons. The molecule has 0 spiro atoms. The van der Waals surface area contributed by atoms with Crippen LogP contribution in [-0.4, -0.2) is 34.1 Å². The van der Waals surface area contributed by atoms with Gasteiger partial charge in [0.2, 0.25) is 5.95 Å². The quantitative estimate of drug-likeness (QED) is 0.340. The molecule has 0 saturated heterocycles. The molecule has 3 N–H and O–H groups in total. The summed E-state index contributed by atoms with van der Waals surface area (Å²) in [6.45, 7) is 3.61. The first-order chi connectivity index (χ1) is 15.5. The van der Waals surface area contributed by atoms with Crippen LogP contribution in [-0.2, 0) is 0 Å². The summed E-state index contributed by atoms with van der Waals surface area (Å²) in [5, 5.41) is 15.6. The molecule has 11 heteroatoms. The standard InChI is InChI=1S/C22H21ClF4N4O2/c1-12(2)19(11-32)30-21-29-18(13-4-3-5-15(8-13)33-22(25,26)27)10-20(31-21)28-14-6-7-17(24)16(23)9-14/h3-10,12,19,32H,11H2,1-2H3,(H2,28,29,30,31)/t19-/m0/s1. The molecule has 1 atom stereocenters. The Balaban J connectivity index is 2.01. The lowest BCUT2D eigenvalue weighted by Crippen LogP contribution is -2.30. The maximum Gasteiger partial charge on any atom is 0.573 e. The van der Waals surface area contributed by atoms with Crippen LogP contribution in [0.15, 0.2) is 48.5 Å². The van der Waals surface area contributed by atoms with Crippen molar-refractivity contribution in [2.75, 3.05) is 17.2 Å². The molecule has 0 aliphatic heterocycles. The predicted octanol–water partition coefficient (Wildman–Crippen LogP) is 6.01.